The number of aryl methyl sites for hydroxylation is 1. The van der Waals surface area contributed by atoms with E-state index in [-0.39, 0.29) is 17.0 Å². The Bertz CT molecular complexity index is 1210. The zero-order valence-electron chi connectivity index (χ0n) is 16.2. The van der Waals surface area contributed by atoms with Crippen molar-refractivity contribution in [1.82, 2.24) is 9.55 Å². The Kier molecular flexibility index (Phi) is 6.71. The van der Waals surface area contributed by atoms with Crippen LogP contribution in [0.1, 0.15) is 10.5 Å². The van der Waals surface area contributed by atoms with Crippen LogP contribution in [0.25, 0.3) is 10.9 Å². The first-order chi connectivity index (χ1) is 14.0. The standard InChI is InChI=1S/C22H17Cl2N3O2.BrH/c1-26(15-3-6-19(23)20(24)11-15)16-4-8-22(25-12-16)29-18-5-7-21-14(10-18)9-17(13-28)27(21)2;/h3-13H,1-2H3;1H. The molecule has 0 bridgehead atoms. The highest BCUT2D eigenvalue weighted by atomic mass is 79.9. The van der Waals surface area contributed by atoms with Gasteiger partial charge in [0.15, 0.2) is 6.29 Å². The molecule has 8 heteroatoms. The molecule has 0 saturated heterocycles. The number of pyridine rings is 1. The molecule has 0 spiro atoms. The molecule has 2 heterocycles. The number of ether oxygens (including phenoxy) is 1. The normalized spacial score (nSPS) is 10.5. The molecule has 0 amide bonds. The third-order valence-electron chi connectivity index (χ3n) is 4.79. The largest absolute Gasteiger partial charge is 0.439 e. The van der Waals surface area contributed by atoms with Gasteiger partial charge in [-0.15, -0.1) is 17.0 Å². The summed E-state index contributed by atoms with van der Waals surface area (Å²) in [5, 5.41) is 1.95. The van der Waals surface area contributed by atoms with Crippen molar-refractivity contribution in [1.29, 1.82) is 0 Å². The molecule has 0 fully saturated rings. The van der Waals surface area contributed by atoms with Crippen LogP contribution >= 0.6 is 40.2 Å². The molecular weight excluding hydrogens is 489 g/mol. The molecule has 5 nitrogen and oxygen atoms in total. The van der Waals surface area contributed by atoms with Crippen LogP contribution in [-0.2, 0) is 7.05 Å². The van der Waals surface area contributed by atoms with Crippen LogP contribution in [-0.4, -0.2) is 22.9 Å². The van der Waals surface area contributed by atoms with Gasteiger partial charge >= 0.3 is 0 Å². The molecule has 2 aromatic heterocycles. The number of benzene rings is 2. The van der Waals surface area contributed by atoms with Crippen molar-refractivity contribution >= 4 is 68.7 Å². The number of nitrogens with zero attached hydrogens (tertiary/aromatic N) is 3. The third kappa shape index (κ3) is 4.31. The quantitative estimate of drug-likeness (QED) is 0.278. The molecule has 30 heavy (non-hydrogen) atoms. The van der Waals surface area contributed by atoms with E-state index < -0.39 is 0 Å². The van der Waals surface area contributed by atoms with E-state index in [2.05, 4.69) is 4.98 Å². The Balaban J connectivity index is 0.00000256. The fourth-order valence-corrected chi connectivity index (χ4v) is 3.41. The van der Waals surface area contributed by atoms with Gasteiger partial charge in [0, 0.05) is 36.8 Å². The Labute approximate surface area is 194 Å². The van der Waals surface area contributed by atoms with Crippen LogP contribution in [0.5, 0.6) is 11.6 Å². The zero-order chi connectivity index (χ0) is 20.5. The van der Waals surface area contributed by atoms with Crippen LogP contribution in [0.4, 0.5) is 11.4 Å². The minimum absolute atomic E-state index is 0. The van der Waals surface area contributed by atoms with Gasteiger partial charge in [-0.1, -0.05) is 23.2 Å². The second kappa shape index (κ2) is 9.08. The summed E-state index contributed by atoms with van der Waals surface area (Å²) in [5.41, 5.74) is 3.36. The second-order valence-electron chi connectivity index (χ2n) is 6.58. The highest BCUT2D eigenvalue weighted by molar-refractivity contribution is 8.93. The number of halogens is 3. The van der Waals surface area contributed by atoms with Crippen molar-refractivity contribution < 1.29 is 9.53 Å². The molecule has 0 aliphatic heterocycles. The first-order valence-corrected chi connectivity index (χ1v) is 9.59. The molecular formula is C22H18BrCl2N3O2. The van der Waals surface area contributed by atoms with E-state index in [1.54, 1.807) is 24.4 Å². The highest BCUT2D eigenvalue weighted by Crippen LogP contribution is 2.31. The van der Waals surface area contributed by atoms with Crippen LogP contribution in [0.2, 0.25) is 10.0 Å². The molecule has 4 aromatic rings. The number of aldehydes is 1. The maximum Gasteiger partial charge on any atom is 0.219 e. The Hall–Kier alpha value is -2.54. The van der Waals surface area contributed by atoms with Crippen LogP contribution in [0.15, 0.2) is 60.8 Å². The smallest absolute Gasteiger partial charge is 0.219 e. The number of rotatable bonds is 5. The monoisotopic (exact) mass is 505 g/mol. The van der Waals surface area contributed by atoms with Gasteiger partial charge in [0.05, 0.1) is 27.6 Å². The SMILES string of the molecule is Br.CN(c1ccc(Oc2ccc3c(c2)cc(C=O)n3C)nc1)c1ccc(Cl)c(Cl)c1. The first-order valence-electron chi connectivity index (χ1n) is 8.83. The molecule has 0 unspecified atom stereocenters. The molecule has 0 atom stereocenters. The van der Waals surface area contributed by atoms with Crippen molar-refractivity contribution in [3.8, 4) is 11.6 Å². The number of hydrogen-bond acceptors (Lipinski definition) is 4. The van der Waals surface area contributed by atoms with Gasteiger partial charge in [-0.05, 0) is 48.5 Å². The van der Waals surface area contributed by atoms with E-state index in [0.717, 1.165) is 28.6 Å². The average molecular weight is 507 g/mol. The van der Waals surface area contributed by atoms with Crippen molar-refractivity contribution in [2.75, 3.05) is 11.9 Å². The molecule has 0 aliphatic carbocycles. The lowest BCUT2D eigenvalue weighted by molar-refractivity contribution is 0.111. The Morgan fingerprint density at radius 1 is 1.00 bits per heavy atom. The minimum Gasteiger partial charge on any atom is -0.439 e. The Morgan fingerprint density at radius 2 is 1.77 bits per heavy atom. The van der Waals surface area contributed by atoms with E-state index >= 15 is 0 Å². The summed E-state index contributed by atoms with van der Waals surface area (Å²) in [6, 6.07) is 16.7. The second-order valence-corrected chi connectivity index (χ2v) is 7.40. The topological polar surface area (TPSA) is 47.4 Å². The van der Waals surface area contributed by atoms with Crippen LogP contribution < -0.4 is 9.64 Å². The summed E-state index contributed by atoms with van der Waals surface area (Å²) in [6.07, 6.45) is 2.56. The van der Waals surface area contributed by atoms with Crippen LogP contribution in [0, 0.1) is 0 Å². The number of carbonyl (C=O) groups excluding carboxylic acids is 1. The minimum atomic E-state index is 0. The van der Waals surface area contributed by atoms with E-state index in [1.807, 2.05) is 60.0 Å². The lowest BCUT2D eigenvalue weighted by Crippen LogP contribution is -2.09. The molecule has 154 valence electrons. The maximum absolute atomic E-state index is 11.1. The van der Waals surface area contributed by atoms with Gasteiger partial charge in [-0.3, -0.25) is 4.79 Å². The van der Waals surface area contributed by atoms with Crippen LogP contribution in [0.3, 0.4) is 0 Å². The van der Waals surface area contributed by atoms with Crippen molar-refractivity contribution in [2.24, 2.45) is 7.05 Å². The zero-order valence-corrected chi connectivity index (χ0v) is 19.4. The fraction of sp³-hybridized carbons (Fsp3) is 0.0909. The number of anilines is 2. The maximum atomic E-state index is 11.1. The van der Waals surface area contributed by atoms with Crippen molar-refractivity contribution in [3.63, 3.8) is 0 Å². The summed E-state index contributed by atoms with van der Waals surface area (Å²) in [7, 11) is 3.78. The lowest BCUT2D eigenvalue weighted by Gasteiger charge is -2.19. The summed E-state index contributed by atoms with van der Waals surface area (Å²) < 4.78 is 7.72. The summed E-state index contributed by atoms with van der Waals surface area (Å²) in [6.45, 7) is 0. The van der Waals surface area contributed by atoms with E-state index in [9.17, 15) is 4.79 Å². The van der Waals surface area contributed by atoms with Gasteiger partial charge in [-0.25, -0.2) is 4.98 Å². The molecule has 0 radical (unpaired) electrons. The predicted octanol–water partition coefficient (Wildman–Crippen LogP) is 6.83. The average Bonchev–Trinajstić information content (AvgIpc) is 3.05. The number of carbonyl (C=O) groups is 1. The summed E-state index contributed by atoms with van der Waals surface area (Å²) >= 11 is 12.1. The number of aromatic nitrogens is 2. The molecule has 0 saturated carbocycles. The van der Waals surface area contributed by atoms with Gasteiger partial charge in [-0.2, -0.15) is 0 Å². The third-order valence-corrected chi connectivity index (χ3v) is 5.53. The molecule has 2 aromatic carbocycles. The summed E-state index contributed by atoms with van der Waals surface area (Å²) in [4.78, 5) is 17.5. The van der Waals surface area contributed by atoms with E-state index in [4.69, 9.17) is 27.9 Å². The van der Waals surface area contributed by atoms with Crippen molar-refractivity contribution in [3.05, 3.63) is 76.5 Å². The molecule has 0 N–H and O–H groups in total. The van der Waals surface area contributed by atoms with E-state index in [1.165, 1.54) is 0 Å². The Morgan fingerprint density at radius 3 is 2.43 bits per heavy atom. The fourth-order valence-electron chi connectivity index (χ4n) is 3.12. The highest BCUT2D eigenvalue weighted by Gasteiger charge is 2.09. The van der Waals surface area contributed by atoms with Gasteiger partial charge in [0.1, 0.15) is 5.75 Å². The van der Waals surface area contributed by atoms with Gasteiger partial charge in [0.2, 0.25) is 5.88 Å². The molecule has 4 rings (SSSR count). The first kappa shape index (κ1) is 22.2. The summed E-state index contributed by atoms with van der Waals surface area (Å²) in [5.74, 6) is 1.13. The van der Waals surface area contributed by atoms with Gasteiger partial charge < -0.3 is 14.2 Å². The van der Waals surface area contributed by atoms with Gasteiger partial charge in [0.25, 0.3) is 0 Å². The van der Waals surface area contributed by atoms with E-state index in [0.29, 0.717) is 27.4 Å². The van der Waals surface area contributed by atoms with Crippen molar-refractivity contribution in [2.45, 2.75) is 0 Å². The number of hydrogen-bond donors (Lipinski definition) is 0. The lowest BCUT2D eigenvalue weighted by atomic mass is 10.2. The molecule has 0 aliphatic rings. The number of fused-ring (bicyclic) bond motifs is 1. The predicted molar refractivity (Wildman–Crippen MR) is 127 cm³/mol.